The number of hydrogen-bond acceptors (Lipinski definition) is 5. The first-order chi connectivity index (χ1) is 9.65. The van der Waals surface area contributed by atoms with Gasteiger partial charge in [0.2, 0.25) is 0 Å². The van der Waals surface area contributed by atoms with E-state index in [1.165, 1.54) is 11.3 Å². The standard InChI is InChI=1S/C13H15ClIN3OS/c1-3-4-16-13-11(15)9(6-19-2)17-12(18-13)10-5-8(14)7-20-10/h5,7H,3-4,6H2,1-2H3,(H,16,17,18). The molecule has 1 N–H and O–H groups in total. The van der Waals surface area contributed by atoms with Gasteiger partial charge in [-0.2, -0.15) is 0 Å². The molecule has 0 radical (unpaired) electrons. The molecule has 0 bridgehead atoms. The molecular weight excluding hydrogens is 409 g/mol. The first kappa shape index (κ1) is 15.9. The highest BCUT2D eigenvalue weighted by Gasteiger charge is 2.14. The van der Waals surface area contributed by atoms with E-state index in [1.54, 1.807) is 7.11 Å². The van der Waals surface area contributed by atoms with Crippen LogP contribution in [0.1, 0.15) is 19.0 Å². The van der Waals surface area contributed by atoms with Gasteiger partial charge >= 0.3 is 0 Å². The number of anilines is 1. The van der Waals surface area contributed by atoms with Crippen LogP contribution in [-0.4, -0.2) is 23.6 Å². The SMILES string of the molecule is CCCNc1nc(-c2cc(Cl)cs2)nc(COC)c1I. The first-order valence-electron chi connectivity index (χ1n) is 6.19. The Balaban J connectivity index is 2.43. The van der Waals surface area contributed by atoms with Crippen molar-refractivity contribution in [3.8, 4) is 10.7 Å². The van der Waals surface area contributed by atoms with E-state index in [2.05, 4.69) is 44.8 Å². The fourth-order valence-electron chi connectivity index (χ4n) is 1.63. The van der Waals surface area contributed by atoms with E-state index >= 15 is 0 Å². The maximum Gasteiger partial charge on any atom is 0.172 e. The minimum Gasteiger partial charge on any atom is -0.378 e. The summed E-state index contributed by atoms with van der Waals surface area (Å²) in [7, 11) is 1.67. The van der Waals surface area contributed by atoms with Gasteiger partial charge in [-0.25, -0.2) is 9.97 Å². The highest BCUT2D eigenvalue weighted by atomic mass is 127. The molecule has 0 atom stereocenters. The minimum atomic E-state index is 0.466. The van der Waals surface area contributed by atoms with Crippen LogP contribution in [-0.2, 0) is 11.3 Å². The number of thiophene rings is 1. The van der Waals surface area contributed by atoms with Gasteiger partial charge in [0.15, 0.2) is 5.82 Å². The molecule has 2 rings (SSSR count). The van der Waals surface area contributed by atoms with E-state index in [-0.39, 0.29) is 0 Å². The first-order valence-corrected chi connectivity index (χ1v) is 8.53. The van der Waals surface area contributed by atoms with Crippen LogP contribution in [0.4, 0.5) is 5.82 Å². The van der Waals surface area contributed by atoms with E-state index in [0.717, 1.165) is 32.9 Å². The van der Waals surface area contributed by atoms with Gasteiger partial charge < -0.3 is 10.1 Å². The Morgan fingerprint density at radius 2 is 2.25 bits per heavy atom. The second-order valence-corrected chi connectivity index (χ2v) is 6.57. The van der Waals surface area contributed by atoms with Crippen molar-refractivity contribution in [2.75, 3.05) is 19.0 Å². The van der Waals surface area contributed by atoms with Crippen LogP contribution in [0.15, 0.2) is 11.4 Å². The normalized spacial score (nSPS) is 10.8. The molecule has 0 spiro atoms. The second-order valence-electron chi connectivity index (χ2n) is 4.15. The molecule has 2 aromatic heterocycles. The molecule has 4 nitrogen and oxygen atoms in total. The highest BCUT2D eigenvalue weighted by Crippen LogP contribution is 2.30. The summed E-state index contributed by atoms with van der Waals surface area (Å²) in [5, 5.41) is 5.93. The second kappa shape index (κ2) is 7.53. The van der Waals surface area contributed by atoms with Gasteiger partial charge in [-0.15, -0.1) is 11.3 Å². The molecule has 2 aromatic rings. The van der Waals surface area contributed by atoms with Crippen LogP contribution >= 0.6 is 45.5 Å². The zero-order valence-corrected chi connectivity index (χ0v) is 15.0. The van der Waals surface area contributed by atoms with Crippen molar-refractivity contribution in [3.63, 3.8) is 0 Å². The summed E-state index contributed by atoms with van der Waals surface area (Å²) < 4.78 is 6.22. The van der Waals surface area contributed by atoms with Crippen LogP contribution < -0.4 is 5.32 Å². The maximum absolute atomic E-state index is 5.98. The molecule has 0 unspecified atom stereocenters. The Kier molecular flexibility index (Phi) is 6.01. The molecule has 20 heavy (non-hydrogen) atoms. The zero-order valence-electron chi connectivity index (χ0n) is 11.2. The summed E-state index contributed by atoms with van der Waals surface area (Å²) in [5.41, 5.74) is 0.890. The summed E-state index contributed by atoms with van der Waals surface area (Å²) in [5.74, 6) is 1.54. The molecule has 108 valence electrons. The van der Waals surface area contributed by atoms with Gasteiger partial charge in [-0.05, 0) is 35.1 Å². The topological polar surface area (TPSA) is 47.0 Å². The average molecular weight is 424 g/mol. The summed E-state index contributed by atoms with van der Waals surface area (Å²) >= 11 is 9.77. The molecule has 0 saturated heterocycles. The van der Waals surface area contributed by atoms with E-state index in [0.29, 0.717) is 17.5 Å². The Hall–Kier alpha value is -0.440. The van der Waals surface area contributed by atoms with Gasteiger partial charge in [0, 0.05) is 19.0 Å². The molecule has 0 aliphatic rings. The highest BCUT2D eigenvalue weighted by molar-refractivity contribution is 14.1. The number of hydrogen-bond donors (Lipinski definition) is 1. The quantitative estimate of drug-likeness (QED) is 0.698. The van der Waals surface area contributed by atoms with Gasteiger partial charge in [0.05, 0.1) is 25.8 Å². The monoisotopic (exact) mass is 423 g/mol. The third-order valence-electron chi connectivity index (χ3n) is 2.53. The van der Waals surface area contributed by atoms with Crippen LogP contribution in [0.2, 0.25) is 5.02 Å². The molecule has 0 aromatic carbocycles. The number of rotatable bonds is 6. The molecule has 0 aliphatic heterocycles. The maximum atomic E-state index is 5.98. The zero-order chi connectivity index (χ0) is 14.5. The Morgan fingerprint density at radius 1 is 1.45 bits per heavy atom. The predicted octanol–water partition coefficient (Wildman–Crippen LogP) is 4.43. The molecule has 0 saturated carbocycles. The fraction of sp³-hybridized carbons (Fsp3) is 0.385. The van der Waals surface area contributed by atoms with Crippen molar-refractivity contribution in [2.24, 2.45) is 0 Å². The van der Waals surface area contributed by atoms with Gasteiger partial charge in [-0.3, -0.25) is 0 Å². The smallest absolute Gasteiger partial charge is 0.172 e. The average Bonchev–Trinajstić information content (AvgIpc) is 2.86. The lowest BCUT2D eigenvalue weighted by Crippen LogP contribution is -2.09. The van der Waals surface area contributed by atoms with Crippen molar-refractivity contribution in [1.82, 2.24) is 9.97 Å². The molecule has 0 aliphatic carbocycles. The summed E-state index contributed by atoms with van der Waals surface area (Å²) in [6.45, 7) is 3.47. The van der Waals surface area contributed by atoms with Gasteiger partial charge in [0.1, 0.15) is 5.82 Å². The Labute approximate surface area is 141 Å². The number of halogens is 2. The van der Waals surface area contributed by atoms with Crippen molar-refractivity contribution in [2.45, 2.75) is 20.0 Å². The Bertz CT molecular complexity index is 591. The third kappa shape index (κ3) is 3.81. The lowest BCUT2D eigenvalue weighted by atomic mass is 10.3. The van der Waals surface area contributed by atoms with Crippen LogP contribution in [0, 0.1) is 3.57 Å². The van der Waals surface area contributed by atoms with E-state index in [9.17, 15) is 0 Å². The number of nitrogens with one attached hydrogen (secondary N) is 1. The largest absolute Gasteiger partial charge is 0.378 e. The predicted molar refractivity (Wildman–Crippen MR) is 92.6 cm³/mol. The van der Waals surface area contributed by atoms with Crippen molar-refractivity contribution < 1.29 is 4.74 Å². The minimum absolute atomic E-state index is 0.466. The number of nitrogens with zero attached hydrogens (tertiary/aromatic N) is 2. The molecule has 2 heterocycles. The van der Waals surface area contributed by atoms with Crippen LogP contribution in [0.5, 0.6) is 0 Å². The lowest BCUT2D eigenvalue weighted by molar-refractivity contribution is 0.181. The molecule has 7 heteroatoms. The number of methoxy groups -OCH3 is 1. The van der Waals surface area contributed by atoms with Crippen molar-refractivity contribution >= 4 is 51.3 Å². The van der Waals surface area contributed by atoms with E-state index in [1.807, 2.05) is 11.4 Å². The lowest BCUT2D eigenvalue weighted by Gasteiger charge is -2.11. The van der Waals surface area contributed by atoms with E-state index < -0.39 is 0 Å². The van der Waals surface area contributed by atoms with Gasteiger partial charge in [0.25, 0.3) is 0 Å². The van der Waals surface area contributed by atoms with Crippen molar-refractivity contribution in [1.29, 1.82) is 0 Å². The van der Waals surface area contributed by atoms with Gasteiger partial charge in [-0.1, -0.05) is 18.5 Å². The Morgan fingerprint density at radius 3 is 2.85 bits per heavy atom. The third-order valence-corrected chi connectivity index (χ3v) is 4.94. The summed E-state index contributed by atoms with van der Waals surface area (Å²) in [6.07, 6.45) is 1.04. The summed E-state index contributed by atoms with van der Waals surface area (Å²) in [6, 6.07) is 1.88. The van der Waals surface area contributed by atoms with E-state index in [4.69, 9.17) is 16.3 Å². The summed E-state index contributed by atoms with van der Waals surface area (Å²) in [4.78, 5) is 10.1. The molecule has 0 amide bonds. The molecular formula is C13H15ClIN3OS. The molecule has 0 fully saturated rings. The van der Waals surface area contributed by atoms with Crippen LogP contribution in [0.25, 0.3) is 10.7 Å². The fourth-order valence-corrected chi connectivity index (χ4v) is 3.22. The number of aromatic nitrogens is 2. The van der Waals surface area contributed by atoms with Crippen molar-refractivity contribution in [3.05, 3.63) is 25.7 Å². The number of ether oxygens (including phenoxy) is 1. The van der Waals surface area contributed by atoms with Crippen LogP contribution in [0.3, 0.4) is 0 Å².